The van der Waals surface area contributed by atoms with Gasteiger partial charge in [-0.15, -0.1) is 0 Å². The van der Waals surface area contributed by atoms with Gasteiger partial charge in [0.25, 0.3) is 5.56 Å². The molecule has 5 rings (SSSR count). The number of ether oxygens (including phenoxy) is 2. The fourth-order valence-electron chi connectivity index (χ4n) is 5.50. The highest BCUT2D eigenvalue weighted by Gasteiger charge is 2.33. The molecule has 0 saturated carbocycles. The van der Waals surface area contributed by atoms with E-state index in [1.54, 1.807) is 44.4 Å². The standard InChI is InChI=1S/C35H34ClFN8O5/c1-19(2)31-28(30(34(47)48)42-45(31)27-16-39-35(43(3)4)41-32(27)50-6)29(21-9-10-22(15-38)26(37)13-21)40-23-14-25(36)33(46)44(18-23)17-20-7-11-24(49-5)12-8-20/h7-14,16,18-19,29,40H,17H2,1-6H3,(H,47,48). The summed E-state index contributed by atoms with van der Waals surface area (Å²) in [5.41, 5.74) is 1.31. The number of pyridine rings is 1. The van der Waals surface area contributed by atoms with Gasteiger partial charge in [0.2, 0.25) is 11.8 Å². The highest BCUT2D eigenvalue weighted by Crippen LogP contribution is 2.38. The van der Waals surface area contributed by atoms with Crippen LogP contribution in [0.2, 0.25) is 5.02 Å². The minimum Gasteiger partial charge on any atom is -0.497 e. The first kappa shape index (κ1) is 35.4. The van der Waals surface area contributed by atoms with Crippen molar-refractivity contribution in [1.29, 1.82) is 5.26 Å². The van der Waals surface area contributed by atoms with Gasteiger partial charge in [-0.2, -0.15) is 15.3 Å². The van der Waals surface area contributed by atoms with Crippen molar-refractivity contribution >= 4 is 29.2 Å². The number of aromatic carboxylic acids is 1. The van der Waals surface area contributed by atoms with Gasteiger partial charge in [0.15, 0.2) is 5.69 Å². The van der Waals surface area contributed by atoms with Crippen LogP contribution in [0.15, 0.2) is 65.7 Å². The Morgan fingerprint density at radius 1 is 1.14 bits per heavy atom. The van der Waals surface area contributed by atoms with Crippen LogP contribution in [-0.2, 0) is 6.54 Å². The molecular weight excluding hydrogens is 667 g/mol. The zero-order chi connectivity index (χ0) is 36.3. The van der Waals surface area contributed by atoms with Gasteiger partial charge in [-0.1, -0.05) is 43.6 Å². The van der Waals surface area contributed by atoms with Gasteiger partial charge < -0.3 is 29.4 Å². The molecule has 0 spiro atoms. The number of nitrogens with one attached hydrogen (secondary N) is 1. The Morgan fingerprint density at radius 3 is 2.44 bits per heavy atom. The first-order valence-electron chi connectivity index (χ1n) is 15.3. The van der Waals surface area contributed by atoms with Crippen LogP contribution in [0.1, 0.15) is 64.2 Å². The molecule has 0 radical (unpaired) electrons. The van der Waals surface area contributed by atoms with Gasteiger partial charge >= 0.3 is 5.97 Å². The zero-order valence-corrected chi connectivity index (χ0v) is 28.9. The Kier molecular flexibility index (Phi) is 10.4. The average molecular weight is 701 g/mol. The number of aromatic nitrogens is 5. The molecule has 3 heterocycles. The highest BCUT2D eigenvalue weighted by atomic mass is 35.5. The second kappa shape index (κ2) is 14.7. The fraction of sp³-hybridized carbons (Fsp3) is 0.257. The number of methoxy groups -OCH3 is 2. The largest absolute Gasteiger partial charge is 0.497 e. The molecule has 0 aliphatic carbocycles. The Labute approximate surface area is 292 Å². The van der Waals surface area contributed by atoms with Crippen LogP contribution >= 0.6 is 11.6 Å². The number of rotatable bonds is 12. The van der Waals surface area contributed by atoms with E-state index in [1.807, 2.05) is 32.0 Å². The van der Waals surface area contributed by atoms with E-state index >= 15 is 4.39 Å². The molecule has 0 amide bonds. The number of carbonyl (C=O) groups is 1. The third-order valence-corrected chi connectivity index (χ3v) is 8.12. The lowest BCUT2D eigenvalue weighted by atomic mass is 9.91. The summed E-state index contributed by atoms with van der Waals surface area (Å²) in [7, 11) is 6.51. The topological polar surface area (TPSA) is 160 Å². The molecule has 0 aliphatic rings. The summed E-state index contributed by atoms with van der Waals surface area (Å²) in [6.07, 6.45) is 3.02. The number of anilines is 2. The third-order valence-electron chi connectivity index (χ3n) is 7.85. The summed E-state index contributed by atoms with van der Waals surface area (Å²) >= 11 is 6.46. The van der Waals surface area contributed by atoms with Gasteiger partial charge in [-0.3, -0.25) is 4.79 Å². The van der Waals surface area contributed by atoms with Gasteiger partial charge in [0.05, 0.1) is 49.9 Å². The number of benzene rings is 2. The summed E-state index contributed by atoms with van der Waals surface area (Å²) in [4.78, 5) is 36.6. The Morgan fingerprint density at radius 2 is 1.86 bits per heavy atom. The molecule has 2 N–H and O–H groups in total. The first-order valence-corrected chi connectivity index (χ1v) is 15.7. The van der Waals surface area contributed by atoms with Crippen molar-refractivity contribution in [3.8, 4) is 23.4 Å². The van der Waals surface area contributed by atoms with Crippen molar-refractivity contribution in [1.82, 2.24) is 24.3 Å². The monoisotopic (exact) mass is 700 g/mol. The van der Waals surface area contributed by atoms with Crippen molar-refractivity contribution in [3.05, 3.63) is 116 Å². The van der Waals surface area contributed by atoms with E-state index in [9.17, 15) is 20.0 Å². The van der Waals surface area contributed by atoms with Crippen LogP contribution in [0.4, 0.5) is 16.0 Å². The van der Waals surface area contributed by atoms with E-state index in [4.69, 9.17) is 21.1 Å². The van der Waals surface area contributed by atoms with Crippen molar-refractivity contribution < 1.29 is 23.8 Å². The minimum atomic E-state index is -1.35. The molecule has 1 atom stereocenters. The number of hydrogen-bond donors (Lipinski definition) is 2. The molecule has 1 unspecified atom stereocenters. The van der Waals surface area contributed by atoms with Crippen molar-refractivity contribution in [2.75, 3.05) is 38.5 Å². The number of halogens is 2. The molecule has 15 heteroatoms. The molecule has 13 nitrogen and oxygen atoms in total. The van der Waals surface area contributed by atoms with E-state index < -0.39 is 23.4 Å². The maximum atomic E-state index is 15.2. The van der Waals surface area contributed by atoms with E-state index in [-0.39, 0.29) is 51.4 Å². The third kappa shape index (κ3) is 7.08. The number of carboxylic acid groups (broad SMARTS) is 1. The second-order valence-electron chi connectivity index (χ2n) is 11.8. The molecular formula is C35H34ClFN8O5. The summed E-state index contributed by atoms with van der Waals surface area (Å²) in [5, 5.41) is 27.7. The molecule has 2 aromatic carbocycles. The average Bonchev–Trinajstić information content (AvgIpc) is 3.50. The van der Waals surface area contributed by atoms with Gasteiger partial charge in [0, 0.05) is 25.9 Å². The van der Waals surface area contributed by atoms with E-state index in [1.165, 1.54) is 40.8 Å². The number of nitrogens with zero attached hydrogens (tertiary/aromatic N) is 7. The smallest absolute Gasteiger partial charge is 0.356 e. The van der Waals surface area contributed by atoms with Gasteiger partial charge in [-0.05, 0) is 47.4 Å². The molecule has 0 saturated heterocycles. The van der Waals surface area contributed by atoms with E-state index in [0.29, 0.717) is 23.1 Å². The number of hydrogen-bond acceptors (Lipinski definition) is 10. The van der Waals surface area contributed by atoms with Crippen molar-refractivity contribution in [3.63, 3.8) is 0 Å². The van der Waals surface area contributed by atoms with Crippen LogP contribution in [0.25, 0.3) is 5.69 Å². The van der Waals surface area contributed by atoms with Crippen LogP contribution in [0.3, 0.4) is 0 Å². The summed E-state index contributed by atoms with van der Waals surface area (Å²) in [5.74, 6) is -1.36. The predicted molar refractivity (Wildman–Crippen MR) is 185 cm³/mol. The van der Waals surface area contributed by atoms with Crippen LogP contribution in [0, 0.1) is 17.1 Å². The molecule has 50 heavy (non-hydrogen) atoms. The number of carboxylic acids is 1. The van der Waals surface area contributed by atoms with E-state index in [2.05, 4.69) is 20.4 Å². The molecule has 0 bridgehead atoms. The Bertz CT molecular complexity index is 2160. The van der Waals surface area contributed by atoms with Crippen LogP contribution in [-0.4, -0.2) is 63.7 Å². The first-order chi connectivity index (χ1) is 23.9. The molecule has 0 fully saturated rings. The summed E-state index contributed by atoms with van der Waals surface area (Å²) in [6, 6.07) is 13.3. The van der Waals surface area contributed by atoms with Crippen LogP contribution < -0.4 is 25.2 Å². The predicted octanol–water partition coefficient (Wildman–Crippen LogP) is 5.64. The minimum absolute atomic E-state index is 0.102. The van der Waals surface area contributed by atoms with Crippen molar-refractivity contribution in [2.45, 2.75) is 32.4 Å². The zero-order valence-electron chi connectivity index (χ0n) is 28.1. The SMILES string of the molecule is COc1ccc(Cn2cc(NC(c3ccc(C#N)c(F)c3)c3c(C(=O)O)nn(-c4cnc(N(C)C)nc4OC)c3C(C)C)cc(Cl)c2=O)cc1. The molecule has 0 aliphatic heterocycles. The van der Waals surface area contributed by atoms with Crippen molar-refractivity contribution in [2.24, 2.45) is 0 Å². The fourth-order valence-corrected chi connectivity index (χ4v) is 5.73. The Balaban J connectivity index is 1.73. The molecule has 3 aromatic heterocycles. The summed E-state index contributed by atoms with van der Waals surface area (Å²) in [6.45, 7) is 3.87. The maximum Gasteiger partial charge on any atom is 0.356 e. The lowest BCUT2D eigenvalue weighted by molar-refractivity contribution is 0.0688. The lowest BCUT2D eigenvalue weighted by Crippen LogP contribution is -2.23. The van der Waals surface area contributed by atoms with Gasteiger partial charge in [-0.25, -0.2) is 18.9 Å². The normalized spacial score (nSPS) is 11.6. The lowest BCUT2D eigenvalue weighted by Gasteiger charge is -2.24. The quantitative estimate of drug-likeness (QED) is 0.166. The molecule has 5 aromatic rings. The number of nitriles is 1. The maximum absolute atomic E-state index is 15.2. The van der Waals surface area contributed by atoms with Gasteiger partial charge in [0.1, 0.15) is 28.3 Å². The second-order valence-corrected chi connectivity index (χ2v) is 12.2. The Hall–Kier alpha value is -5.94. The van der Waals surface area contributed by atoms with E-state index in [0.717, 1.165) is 11.6 Å². The van der Waals surface area contributed by atoms with Crippen LogP contribution in [0.5, 0.6) is 11.6 Å². The highest BCUT2D eigenvalue weighted by molar-refractivity contribution is 6.30. The molecule has 258 valence electrons. The summed E-state index contributed by atoms with van der Waals surface area (Å²) < 4.78 is 28.9.